The second-order valence-electron chi connectivity index (χ2n) is 5.90. The van der Waals surface area contributed by atoms with E-state index in [1.165, 1.54) is 11.3 Å². The summed E-state index contributed by atoms with van der Waals surface area (Å²) in [5.41, 5.74) is 11.2. The Morgan fingerprint density at radius 3 is 2.34 bits per heavy atom. The molecule has 0 spiro atoms. The molecule has 0 unspecified atom stereocenters. The average molecular weight is 439 g/mol. The Bertz CT molecular complexity index is 969. The Morgan fingerprint density at radius 2 is 1.66 bits per heavy atom. The normalized spacial score (nSPS) is 10.9. The Labute approximate surface area is 172 Å². The fourth-order valence-corrected chi connectivity index (χ4v) is 4.08. The number of carbonyl (C=O) groups is 2. The number of amides is 2. The molecule has 2 rings (SSSR count). The van der Waals surface area contributed by atoms with Gasteiger partial charge in [-0.25, -0.2) is 18.1 Å². The van der Waals surface area contributed by atoms with Gasteiger partial charge in [0.25, 0.3) is 0 Å². The predicted molar refractivity (Wildman–Crippen MR) is 112 cm³/mol. The molecule has 0 bridgehead atoms. The Morgan fingerprint density at radius 1 is 0.966 bits per heavy atom. The molecular weight excluding hydrogens is 416 g/mol. The zero-order chi connectivity index (χ0) is 21.3. The molecule has 0 aliphatic rings. The zero-order valence-corrected chi connectivity index (χ0v) is 17.1. The van der Waals surface area contributed by atoms with Crippen molar-refractivity contribution in [3.8, 4) is 0 Å². The first-order chi connectivity index (χ1) is 13.7. The van der Waals surface area contributed by atoms with Crippen molar-refractivity contribution >= 4 is 44.1 Å². The lowest BCUT2D eigenvalue weighted by atomic mass is 10.2. The first-order valence-corrected chi connectivity index (χ1v) is 10.9. The lowest BCUT2D eigenvalue weighted by Crippen LogP contribution is -2.42. The highest BCUT2D eigenvalue weighted by atomic mass is 32.2. The van der Waals surface area contributed by atoms with Crippen LogP contribution in [0.5, 0.6) is 0 Å². The van der Waals surface area contributed by atoms with E-state index in [0.29, 0.717) is 10.6 Å². The second kappa shape index (κ2) is 10.5. The van der Waals surface area contributed by atoms with Crippen molar-refractivity contribution in [3.63, 3.8) is 0 Å². The van der Waals surface area contributed by atoms with Gasteiger partial charge in [0.1, 0.15) is 5.00 Å². The van der Waals surface area contributed by atoms with Crippen LogP contribution in [0.4, 0.5) is 5.00 Å². The van der Waals surface area contributed by atoms with Gasteiger partial charge in [0, 0.05) is 4.88 Å². The number of aliphatic imine (C=N–C) groups is 1. The Balaban J connectivity index is 1.68. The number of hydrogen-bond acceptors (Lipinski definition) is 6. The number of sulfonamides is 1. The van der Waals surface area contributed by atoms with Gasteiger partial charge in [0.2, 0.25) is 21.8 Å². The highest BCUT2D eigenvalue weighted by Gasteiger charge is 2.14. The molecule has 29 heavy (non-hydrogen) atoms. The molecule has 2 aromatic rings. The van der Waals surface area contributed by atoms with E-state index in [1.807, 2.05) is 0 Å². The molecule has 0 radical (unpaired) electrons. The first kappa shape index (κ1) is 22.3. The van der Waals surface area contributed by atoms with E-state index in [-0.39, 0.29) is 24.8 Å². The predicted octanol–water partition coefficient (Wildman–Crippen LogP) is -0.495. The first-order valence-electron chi connectivity index (χ1n) is 8.46. The lowest BCUT2D eigenvalue weighted by molar-refractivity contribution is -0.125. The molecule has 1 aromatic heterocycles. The fourth-order valence-electron chi connectivity index (χ4n) is 2.16. The summed E-state index contributed by atoms with van der Waals surface area (Å²) in [6.07, 6.45) is 0. The minimum absolute atomic E-state index is 0.0514. The van der Waals surface area contributed by atoms with Gasteiger partial charge in [0.05, 0.1) is 25.4 Å². The average Bonchev–Trinajstić information content (AvgIpc) is 3.10. The van der Waals surface area contributed by atoms with Crippen LogP contribution in [0, 0.1) is 0 Å². The molecule has 2 amide bonds. The largest absolute Gasteiger partial charge is 0.370 e. The monoisotopic (exact) mass is 438 g/mol. The number of thiophene rings is 1. The van der Waals surface area contributed by atoms with Crippen LogP contribution in [0.25, 0.3) is 0 Å². The van der Waals surface area contributed by atoms with Crippen LogP contribution < -0.4 is 26.8 Å². The number of guanidine groups is 1. The number of carbonyl (C=O) groups excluding carboxylic acids is 2. The summed E-state index contributed by atoms with van der Waals surface area (Å²) in [4.78, 5) is 28.3. The van der Waals surface area contributed by atoms with Crippen molar-refractivity contribution in [2.24, 2.45) is 16.5 Å². The molecule has 0 aliphatic heterocycles. The summed E-state index contributed by atoms with van der Waals surface area (Å²) in [7, 11) is -3.66. The van der Waals surface area contributed by atoms with E-state index in [1.54, 1.807) is 42.5 Å². The van der Waals surface area contributed by atoms with Crippen molar-refractivity contribution in [2.45, 2.75) is 12.3 Å². The third-order valence-corrected chi connectivity index (χ3v) is 5.72. The van der Waals surface area contributed by atoms with Gasteiger partial charge in [-0.15, -0.1) is 11.3 Å². The number of nitrogens with one attached hydrogen (secondary N) is 3. The smallest absolute Gasteiger partial charge is 0.239 e. The number of nitrogens with two attached hydrogens (primary N) is 2. The molecule has 12 heteroatoms. The fraction of sp³-hybridized carbons (Fsp3) is 0.235. The maximum Gasteiger partial charge on any atom is 0.239 e. The van der Waals surface area contributed by atoms with E-state index < -0.39 is 28.4 Å². The van der Waals surface area contributed by atoms with Gasteiger partial charge >= 0.3 is 0 Å². The van der Waals surface area contributed by atoms with Crippen molar-refractivity contribution in [1.29, 1.82) is 0 Å². The van der Waals surface area contributed by atoms with Crippen LogP contribution in [0.3, 0.4) is 0 Å². The highest BCUT2D eigenvalue weighted by Crippen LogP contribution is 2.24. The maximum atomic E-state index is 12.0. The molecule has 0 fully saturated rings. The summed E-state index contributed by atoms with van der Waals surface area (Å²) in [6.45, 7) is -0.469. The molecule has 10 nitrogen and oxygen atoms in total. The molecule has 1 aromatic carbocycles. The molecule has 0 saturated carbocycles. The Kier molecular flexibility index (Phi) is 8.12. The SMILES string of the molecule is NC(N)=Nc1ccc(CNC(=O)CNC(=O)CNS(=O)(=O)Cc2ccccc2)s1. The van der Waals surface area contributed by atoms with Crippen LogP contribution in [0.1, 0.15) is 10.4 Å². The molecule has 0 saturated heterocycles. The standard InChI is InChI=1S/C17H22N6O4S2/c18-17(19)23-16-7-6-13(28-16)8-20-14(24)9-21-15(25)10-22-29(26,27)11-12-4-2-1-3-5-12/h1-7,22H,8-11H2,(H,20,24)(H,21,25)(H4,18,19,23). The zero-order valence-electron chi connectivity index (χ0n) is 15.4. The van der Waals surface area contributed by atoms with Gasteiger partial charge in [-0.1, -0.05) is 30.3 Å². The van der Waals surface area contributed by atoms with Crippen molar-refractivity contribution in [3.05, 3.63) is 52.9 Å². The van der Waals surface area contributed by atoms with Crippen LogP contribution in [-0.2, 0) is 31.9 Å². The number of benzene rings is 1. The molecule has 0 aliphatic carbocycles. The van der Waals surface area contributed by atoms with Gasteiger partial charge in [-0.3, -0.25) is 9.59 Å². The molecule has 7 N–H and O–H groups in total. The van der Waals surface area contributed by atoms with Gasteiger partial charge in [-0.05, 0) is 17.7 Å². The summed E-state index contributed by atoms with van der Waals surface area (Å²) in [6, 6.07) is 12.1. The minimum atomic E-state index is -3.66. The maximum absolute atomic E-state index is 12.0. The van der Waals surface area contributed by atoms with Crippen LogP contribution in [0.15, 0.2) is 47.5 Å². The molecular formula is C17H22N6O4S2. The minimum Gasteiger partial charge on any atom is -0.370 e. The van der Waals surface area contributed by atoms with Gasteiger partial charge in [0.15, 0.2) is 5.96 Å². The number of rotatable bonds is 10. The molecule has 0 atom stereocenters. The second-order valence-corrected chi connectivity index (χ2v) is 8.85. The third kappa shape index (κ3) is 8.72. The van der Waals surface area contributed by atoms with E-state index in [0.717, 1.165) is 4.88 Å². The van der Waals surface area contributed by atoms with E-state index >= 15 is 0 Å². The van der Waals surface area contributed by atoms with E-state index in [9.17, 15) is 18.0 Å². The van der Waals surface area contributed by atoms with Crippen LogP contribution in [0.2, 0.25) is 0 Å². The summed E-state index contributed by atoms with van der Waals surface area (Å²) in [5, 5.41) is 5.61. The van der Waals surface area contributed by atoms with Crippen molar-refractivity contribution in [2.75, 3.05) is 13.1 Å². The van der Waals surface area contributed by atoms with E-state index in [4.69, 9.17) is 11.5 Å². The topological polar surface area (TPSA) is 169 Å². The Hall–Kier alpha value is -2.96. The van der Waals surface area contributed by atoms with Crippen molar-refractivity contribution in [1.82, 2.24) is 15.4 Å². The summed E-state index contributed by atoms with van der Waals surface area (Å²) >= 11 is 1.31. The summed E-state index contributed by atoms with van der Waals surface area (Å²) < 4.78 is 26.2. The third-order valence-electron chi connectivity index (χ3n) is 3.44. The highest BCUT2D eigenvalue weighted by molar-refractivity contribution is 7.88. The van der Waals surface area contributed by atoms with Crippen LogP contribution in [-0.4, -0.2) is 39.3 Å². The number of nitrogens with zero attached hydrogens (tertiary/aromatic N) is 1. The molecule has 156 valence electrons. The molecule has 1 heterocycles. The quantitative estimate of drug-likeness (QED) is 0.247. The van der Waals surface area contributed by atoms with Gasteiger partial charge in [-0.2, -0.15) is 0 Å². The van der Waals surface area contributed by atoms with Crippen molar-refractivity contribution < 1.29 is 18.0 Å². The summed E-state index contributed by atoms with van der Waals surface area (Å²) in [5.74, 6) is -1.31. The van der Waals surface area contributed by atoms with Gasteiger partial charge < -0.3 is 22.1 Å². The van der Waals surface area contributed by atoms with E-state index in [2.05, 4.69) is 20.3 Å². The lowest BCUT2D eigenvalue weighted by Gasteiger charge is -2.08. The number of hydrogen-bond donors (Lipinski definition) is 5. The van der Waals surface area contributed by atoms with Crippen LogP contribution >= 0.6 is 11.3 Å².